The maximum Gasteiger partial charge on any atom is 0.0701 e. The van der Waals surface area contributed by atoms with Crippen molar-refractivity contribution in [2.75, 3.05) is 5.32 Å². The first-order valence-electron chi connectivity index (χ1n) is 9.33. The quantitative estimate of drug-likeness (QED) is 0.408. The molecule has 4 aromatic rings. The molecule has 1 heteroatoms. The summed E-state index contributed by atoms with van der Waals surface area (Å²) in [7, 11) is 0. The monoisotopic (exact) mass is 349 g/mol. The molecule has 1 atom stereocenters. The van der Waals surface area contributed by atoms with Crippen LogP contribution in [0.25, 0.3) is 16.8 Å². The summed E-state index contributed by atoms with van der Waals surface area (Å²) in [5, 5.41) is 6.20. The molecule has 1 unspecified atom stereocenters. The average Bonchev–Trinajstić information content (AvgIpc) is 2.72. The minimum Gasteiger partial charge on any atom is -0.375 e. The predicted octanol–water partition coefficient (Wildman–Crippen LogP) is 7.01. The third kappa shape index (κ3) is 4.27. The Morgan fingerprint density at radius 3 is 2.19 bits per heavy atom. The molecular formula is C26H23N. The van der Waals surface area contributed by atoms with Crippen LogP contribution in [-0.2, 0) is 0 Å². The maximum absolute atomic E-state index is 3.69. The van der Waals surface area contributed by atoms with Gasteiger partial charge in [0.25, 0.3) is 0 Å². The van der Waals surface area contributed by atoms with Gasteiger partial charge in [-0.1, -0.05) is 103 Å². The second kappa shape index (κ2) is 7.92. The van der Waals surface area contributed by atoms with Gasteiger partial charge in [-0.2, -0.15) is 0 Å². The van der Waals surface area contributed by atoms with Crippen molar-refractivity contribution in [1.82, 2.24) is 0 Å². The van der Waals surface area contributed by atoms with Gasteiger partial charge in [0, 0.05) is 5.69 Å². The van der Waals surface area contributed by atoms with Gasteiger partial charge in [-0.25, -0.2) is 0 Å². The van der Waals surface area contributed by atoms with E-state index >= 15 is 0 Å². The highest BCUT2D eigenvalue weighted by Gasteiger charge is 2.08. The molecule has 0 bridgehead atoms. The molecular weight excluding hydrogens is 326 g/mol. The largest absolute Gasteiger partial charge is 0.375 e. The number of rotatable bonds is 5. The highest BCUT2D eigenvalue weighted by atomic mass is 14.9. The summed E-state index contributed by atoms with van der Waals surface area (Å²) in [6.45, 7) is 2.12. The fourth-order valence-corrected chi connectivity index (χ4v) is 3.25. The van der Waals surface area contributed by atoms with Crippen molar-refractivity contribution in [3.8, 4) is 0 Å². The summed E-state index contributed by atoms with van der Waals surface area (Å²) in [4.78, 5) is 0. The van der Waals surface area contributed by atoms with Gasteiger partial charge in [0.2, 0.25) is 0 Å². The summed E-state index contributed by atoms with van der Waals surface area (Å²) in [6, 6.07) is 34.3. The number of aryl methyl sites for hydroxylation is 1. The van der Waals surface area contributed by atoms with Crippen LogP contribution in [0.1, 0.15) is 22.7 Å². The van der Waals surface area contributed by atoms with Gasteiger partial charge in [-0.05, 0) is 41.0 Å². The van der Waals surface area contributed by atoms with Crippen LogP contribution < -0.4 is 5.32 Å². The van der Waals surface area contributed by atoms with E-state index in [1.807, 2.05) is 6.07 Å². The van der Waals surface area contributed by atoms with Crippen molar-refractivity contribution in [2.24, 2.45) is 0 Å². The first-order chi connectivity index (χ1) is 13.3. The van der Waals surface area contributed by atoms with E-state index in [-0.39, 0.29) is 6.04 Å². The molecule has 1 nitrogen and oxygen atoms in total. The molecule has 0 aliphatic rings. The molecule has 27 heavy (non-hydrogen) atoms. The summed E-state index contributed by atoms with van der Waals surface area (Å²) in [6.07, 6.45) is 4.41. The van der Waals surface area contributed by atoms with Crippen LogP contribution in [0.2, 0.25) is 0 Å². The molecule has 4 rings (SSSR count). The predicted molar refractivity (Wildman–Crippen MR) is 117 cm³/mol. The summed E-state index contributed by atoms with van der Waals surface area (Å²) in [5.74, 6) is 0. The Morgan fingerprint density at radius 2 is 1.41 bits per heavy atom. The second-order valence-electron chi connectivity index (χ2n) is 6.86. The molecule has 0 fully saturated rings. The molecule has 0 heterocycles. The fourth-order valence-electron chi connectivity index (χ4n) is 3.25. The Labute approximate surface area is 161 Å². The topological polar surface area (TPSA) is 12.0 Å². The Kier molecular flexibility index (Phi) is 5.02. The summed E-state index contributed by atoms with van der Waals surface area (Å²) in [5.41, 5.74) is 4.85. The lowest BCUT2D eigenvalue weighted by molar-refractivity contribution is 0.989. The Balaban J connectivity index is 1.65. The van der Waals surface area contributed by atoms with Crippen LogP contribution in [0, 0.1) is 6.92 Å². The first-order valence-corrected chi connectivity index (χ1v) is 9.33. The molecule has 0 aromatic heterocycles. The molecule has 4 aromatic carbocycles. The van der Waals surface area contributed by atoms with Crippen LogP contribution in [0.3, 0.4) is 0 Å². The first kappa shape index (κ1) is 17.1. The SMILES string of the molecule is Cc1ccc(C(C=Cc2ccccc2)Nc2ccc3ccccc3c2)cc1. The van der Waals surface area contributed by atoms with Crippen molar-refractivity contribution in [2.45, 2.75) is 13.0 Å². The Hall–Kier alpha value is -3.32. The van der Waals surface area contributed by atoms with E-state index in [2.05, 4.69) is 115 Å². The van der Waals surface area contributed by atoms with E-state index < -0.39 is 0 Å². The van der Waals surface area contributed by atoms with E-state index in [1.54, 1.807) is 0 Å². The van der Waals surface area contributed by atoms with E-state index in [0.29, 0.717) is 0 Å². The van der Waals surface area contributed by atoms with Gasteiger partial charge in [0.15, 0.2) is 0 Å². The van der Waals surface area contributed by atoms with E-state index in [4.69, 9.17) is 0 Å². The smallest absolute Gasteiger partial charge is 0.0701 e. The third-order valence-corrected chi connectivity index (χ3v) is 4.79. The van der Waals surface area contributed by atoms with E-state index in [9.17, 15) is 0 Å². The molecule has 0 aliphatic heterocycles. The van der Waals surface area contributed by atoms with Crippen LogP contribution in [0.5, 0.6) is 0 Å². The molecule has 132 valence electrons. The Bertz CT molecular complexity index is 1050. The van der Waals surface area contributed by atoms with Crippen LogP contribution in [0.4, 0.5) is 5.69 Å². The number of hydrogen-bond acceptors (Lipinski definition) is 1. The molecule has 0 saturated heterocycles. The standard InChI is InChI=1S/C26H23N/c1-20-11-14-23(15-12-20)26(18-13-21-7-3-2-4-8-21)27-25-17-16-22-9-5-6-10-24(22)19-25/h2-19,26-27H,1H3. The third-order valence-electron chi connectivity index (χ3n) is 4.79. The minimum atomic E-state index is 0.104. The lowest BCUT2D eigenvalue weighted by Gasteiger charge is -2.18. The lowest BCUT2D eigenvalue weighted by Crippen LogP contribution is -2.08. The van der Waals surface area contributed by atoms with Gasteiger partial charge in [-0.15, -0.1) is 0 Å². The second-order valence-corrected chi connectivity index (χ2v) is 6.86. The molecule has 0 amide bonds. The van der Waals surface area contributed by atoms with Crippen LogP contribution >= 0.6 is 0 Å². The normalized spacial score (nSPS) is 12.3. The van der Waals surface area contributed by atoms with Crippen LogP contribution in [0.15, 0.2) is 103 Å². The molecule has 1 N–H and O–H groups in total. The highest BCUT2D eigenvalue weighted by Crippen LogP contribution is 2.25. The number of fused-ring (bicyclic) bond motifs is 1. The zero-order valence-electron chi connectivity index (χ0n) is 15.5. The Morgan fingerprint density at radius 1 is 0.704 bits per heavy atom. The van der Waals surface area contributed by atoms with Crippen molar-refractivity contribution in [3.63, 3.8) is 0 Å². The van der Waals surface area contributed by atoms with Crippen molar-refractivity contribution in [3.05, 3.63) is 120 Å². The van der Waals surface area contributed by atoms with Crippen molar-refractivity contribution in [1.29, 1.82) is 0 Å². The summed E-state index contributed by atoms with van der Waals surface area (Å²) < 4.78 is 0. The van der Waals surface area contributed by atoms with Gasteiger partial charge in [0.05, 0.1) is 6.04 Å². The zero-order valence-corrected chi connectivity index (χ0v) is 15.5. The van der Waals surface area contributed by atoms with Gasteiger partial charge >= 0.3 is 0 Å². The van der Waals surface area contributed by atoms with E-state index in [0.717, 1.165) is 5.69 Å². The van der Waals surface area contributed by atoms with Crippen LogP contribution in [-0.4, -0.2) is 0 Å². The zero-order chi connectivity index (χ0) is 18.5. The van der Waals surface area contributed by atoms with Crippen molar-refractivity contribution >= 4 is 22.5 Å². The molecule has 0 saturated carbocycles. The van der Waals surface area contributed by atoms with Gasteiger partial charge in [0.1, 0.15) is 0 Å². The van der Waals surface area contributed by atoms with Crippen molar-refractivity contribution < 1.29 is 0 Å². The van der Waals surface area contributed by atoms with Gasteiger partial charge in [-0.3, -0.25) is 0 Å². The number of benzene rings is 4. The maximum atomic E-state index is 3.69. The molecule has 0 spiro atoms. The highest BCUT2D eigenvalue weighted by molar-refractivity contribution is 5.85. The number of nitrogens with one attached hydrogen (secondary N) is 1. The fraction of sp³-hybridized carbons (Fsp3) is 0.0769. The molecule has 0 radical (unpaired) electrons. The van der Waals surface area contributed by atoms with E-state index in [1.165, 1.54) is 27.5 Å². The van der Waals surface area contributed by atoms with Gasteiger partial charge < -0.3 is 5.32 Å². The lowest BCUT2D eigenvalue weighted by atomic mass is 10.0. The summed E-state index contributed by atoms with van der Waals surface area (Å²) >= 11 is 0. The average molecular weight is 349 g/mol. The number of anilines is 1. The number of hydrogen-bond donors (Lipinski definition) is 1. The molecule has 0 aliphatic carbocycles. The minimum absolute atomic E-state index is 0.104.